The van der Waals surface area contributed by atoms with E-state index in [1.165, 1.54) is 17.0 Å². The smallest absolute Gasteiger partial charge is 0.409 e. The summed E-state index contributed by atoms with van der Waals surface area (Å²) in [6.45, 7) is -0.317. The lowest BCUT2D eigenvalue weighted by Gasteiger charge is -2.30. The molecule has 1 saturated carbocycles. The number of carbonyl (C=O) groups is 2. The predicted octanol–water partition coefficient (Wildman–Crippen LogP) is 2.87. The number of hydrogen-bond acceptors (Lipinski definition) is 6. The first-order valence-electron chi connectivity index (χ1n) is 9.95. The van der Waals surface area contributed by atoms with Gasteiger partial charge in [-0.1, -0.05) is 43.0 Å². The van der Waals surface area contributed by atoms with Crippen molar-refractivity contribution < 1.29 is 22.7 Å². The number of nitrogens with one attached hydrogen (secondary N) is 1. The van der Waals surface area contributed by atoms with Gasteiger partial charge in [0.05, 0.1) is 21.2 Å². The van der Waals surface area contributed by atoms with E-state index < -0.39 is 27.4 Å². The molecule has 10 heteroatoms. The monoisotopic (exact) mass is 453 g/mol. The Labute approximate surface area is 181 Å². The molecule has 0 spiro atoms. The first kappa shape index (κ1) is 22.4. The normalized spacial score (nSPS) is 22.3. The Balaban J connectivity index is 1.83. The van der Waals surface area contributed by atoms with Crippen molar-refractivity contribution in [1.82, 2.24) is 10.2 Å². The molecule has 1 aromatic rings. The molecule has 1 heterocycles. The number of hydrogen-bond donors (Lipinski definition) is 1. The molecule has 2 atom stereocenters. The zero-order valence-electron chi connectivity index (χ0n) is 16.4. The number of halogens is 1. The molecule has 1 saturated heterocycles. The molecule has 2 aliphatic rings. The summed E-state index contributed by atoms with van der Waals surface area (Å²) in [5.41, 5.74) is 0. The van der Waals surface area contributed by atoms with Gasteiger partial charge in [0.2, 0.25) is 5.91 Å². The highest BCUT2D eigenvalue weighted by Gasteiger charge is 2.46. The van der Waals surface area contributed by atoms with Gasteiger partial charge < -0.3 is 15.0 Å². The van der Waals surface area contributed by atoms with Gasteiger partial charge in [0.25, 0.3) is 0 Å². The van der Waals surface area contributed by atoms with E-state index in [0.717, 1.165) is 32.1 Å². The molecule has 8 nitrogen and oxygen atoms in total. The third-order valence-electron chi connectivity index (χ3n) is 5.59. The van der Waals surface area contributed by atoms with Crippen molar-refractivity contribution in [1.29, 1.82) is 5.26 Å². The third kappa shape index (κ3) is 4.87. The topological polar surface area (TPSA) is 117 Å². The average molecular weight is 454 g/mol. The minimum Gasteiger partial charge on any atom is -0.425 e. The van der Waals surface area contributed by atoms with Crippen LogP contribution in [0.5, 0.6) is 0 Å². The van der Waals surface area contributed by atoms with E-state index in [-0.39, 0.29) is 41.3 Å². The molecule has 1 aliphatic heterocycles. The standard InChI is InChI=1S/C20H24ClN3O5S/c21-16-8-4-5-9-17(16)30(27,28)15-12-18(29-20(26)23-11-10-22)24(13-15)19(25)14-6-2-1-3-7-14/h4-5,8-9,14-15,18H,1-3,6-7,11-13H2,(H,23,26)/t15-,18+/m1/s1. The molecule has 1 aromatic carbocycles. The van der Waals surface area contributed by atoms with Crippen LogP contribution < -0.4 is 5.32 Å². The number of alkyl carbamates (subject to hydrolysis) is 1. The van der Waals surface area contributed by atoms with Crippen molar-refractivity contribution in [3.63, 3.8) is 0 Å². The maximum Gasteiger partial charge on any atom is 0.409 e. The van der Waals surface area contributed by atoms with E-state index in [9.17, 15) is 18.0 Å². The lowest BCUT2D eigenvalue weighted by atomic mass is 9.88. The first-order chi connectivity index (χ1) is 14.3. The lowest BCUT2D eigenvalue weighted by molar-refractivity contribution is -0.143. The molecular formula is C20H24ClN3O5S. The maximum absolute atomic E-state index is 13.2. The number of rotatable bonds is 5. The Morgan fingerprint density at radius 1 is 1.23 bits per heavy atom. The van der Waals surface area contributed by atoms with Crippen LogP contribution in [0.4, 0.5) is 4.79 Å². The lowest BCUT2D eigenvalue weighted by Crippen LogP contribution is -2.44. The van der Waals surface area contributed by atoms with Crippen LogP contribution in [-0.2, 0) is 19.4 Å². The van der Waals surface area contributed by atoms with Gasteiger partial charge in [-0.2, -0.15) is 5.26 Å². The zero-order chi connectivity index (χ0) is 21.7. The molecule has 0 bridgehead atoms. The molecule has 3 rings (SSSR count). The molecule has 1 N–H and O–H groups in total. The van der Waals surface area contributed by atoms with Crippen molar-refractivity contribution in [3.8, 4) is 6.07 Å². The summed E-state index contributed by atoms with van der Waals surface area (Å²) in [6, 6.07) is 7.92. The van der Waals surface area contributed by atoms with Crippen molar-refractivity contribution in [2.75, 3.05) is 13.1 Å². The van der Waals surface area contributed by atoms with Gasteiger partial charge in [0.15, 0.2) is 16.1 Å². The fraction of sp³-hybridized carbons (Fsp3) is 0.550. The summed E-state index contributed by atoms with van der Waals surface area (Å²) in [7, 11) is -3.84. The van der Waals surface area contributed by atoms with Gasteiger partial charge in [-0.3, -0.25) is 4.79 Å². The Kier molecular flexibility index (Phi) is 7.21. The van der Waals surface area contributed by atoms with Gasteiger partial charge in [-0.05, 0) is 25.0 Å². The van der Waals surface area contributed by atoms with Crippen molar-refractivity contribution in [2.24, 2.45) is 5.92 Å². The van der Waals surface area contributed by atoms with E-state index in [4.69, 9.17) is 21.6 Å². The number of nitriles is 1. The SMILES string of the molecule is N#CCNC(=O)O[C@H]1C[C@@H](S(=O)(=O)c2ccccc2Cl)CN1C(=O)C1CCCCC1. The summed E-state index contributed by atoms with van der Waals surface area (Å²) >= 11 is 6.10. The van der Waals surface area contributed by atoms with E-state index in [1.54, 1.807) is 18.2 Å². The van der Waals surface area contributed by atoms with Crippen LogP contribution >= 0.6 is 11.6 Å². The molecule has 0 aromatic heterocycles. The second-order valence-corrected chi connectivity index (χ2v) is 10.1. The molecule has 2 amide bonds. The first-order valence-corrected chi connectivity index (χ1v) is 11.9. The Hall–Kier alpha value is -2.31. The number of amides is 2. The Bertz CT molecular complexity index is 940. The van der Waals surface area contributed by atoms with Crippen LogP contribution in [0.2, 0.25) is 5.02 Å². The highest BCUT2D eigenvalue weighted by Crippen LogP contribution is 2.34. The van der Waals surface area contributed by atoms with Crippen molar-refractivity contribution in [3.05, 3.63) is 29.3 Å². The summed E-state index contributed by atoms with van der Waals surface area (Å²) in [5, 5.41) is 10.0. The fourth-order valence-corrected chi connectivity index (χ4v) is 6.25. The Morgan fingerprint density at radius 3 is 2.60 bits per heavy atom. The minimum atomic E-state index is -3.84. The number of likely N-dealkylation sites (tertiary alicyclic amines) is 1. The molecule has 30 heavy (non-hydrogen) atoms. The third-order valence-corrected chi connectivity index (χ3v) is 8.22. The van der Waals surface area contributed by atoms with Crippen molar-refractivity contribution >= 4 is 33.4 Å². The highest BCUT2D eigenvalue weighted by atomic mass is 35.5. The van der Waals surface area contributed by atoms with Crippen LogP contribution in [0.1, 0.15) is 38.5 Å². The molecule has 0 unspecified atom stereocenters. The molecular weight excluding hydrogens is 430 g/mol. The number of nitrogens with zero attached hydrogens (tertiary/aromatic N) is 2. The van der Waals surface area contributed by atoms with E-state index in [2.05, 4.69) is 5.32 Å². The van der Waals surface area contributed by atoms with Crippen LogP contribution in [0.25, 0.3) is 0 Å². The molecule has 162 valence electrons. The van der Waals surface area contributed by atoms with Crippen LogP contribution in [-0.4, -0.2) is 49.9 Å². The van der Waals surface area contributed by atoms with Gasteiger partial charge in [-0.25, -0.2) is 13.2 Å². The molecule has 1 aliphatic carbocycles. The number of sulfone groups is 1. The van der Waals surface area contributed by atoms with Crippen LogP contribution in [0.3, 0.4) is 0 Å². The van der Waals surface area contributed by atoms with Crippen molar-refractivity contribution in [2.45, 2.75) is 54.9 Å². The van der Waals surface area contributed by atoms with E-state index in [0.29, 0.717) is 0 Å². The van der Waals surface area contributed by atoms with Gasteiger partial charge in [0, 0.05) is 18.9 Å². The maximum atomic E-state index is 13.2. The average Bonchev–Trinajstić information content (AvgIpc) is 3.17. The summed E-state index contributed by atoms with van der Waals surface area (Å²) < 4.78 is 31.7. The van der Waals surface area contributed by atoms with Crippen LogP contribution in [0, 0.1) is 17.2 Å². The fourth-order valence-electron chi connectivity index (χ4n) is 4.05. The number of ether oxygens (including phenoxy) is 1. The minimum absolute atomic E-state index is 0.00341. The number of carbonyl (C=O) groups excluding carboxylic acids is 2. The molecule has 0 radical (unpaired) electrons. The van der Waals surface area contributed by atoms with Gasteiger partial charge in [-0.15, -0.1) is 0 Å². The van der Waals surface area contributed by atoms with E-state index in [1.807, 2.05) is 0 Å². The summed E-state index contributed by atoms with van der Waals surface area (Å²) in [5.74, 6) is -0.390. The highest BCUT2D eigenvalue weighted by molar-refractivity contribution is 7.92. The zero-order valence-corrected chi connectivity index (χ0v) is 18.0. The quantitative estimate of drug-likeness (QED) is 0.685. The second-order valence-electron chi connectivity index (χ2n) is 7.53. The second kappa shape index (κ2) is 9.67. The van der Waals surface area contributed by atoms with Gasteiger partial charge in [0.1, 0.15) is 6.54 Å². The number of benzene rings is 1. The van der Waals surface area contributed by atoms with Gasteiger partial charge >= 0.3 is 6.09 Å². The summed E-state index contributed by atoms with van der Waals surface area (Å²) in [4.78, 5) is 26.5. The Morgan fingerprint density at radius 2 is 1.93 bits per heavy atom. The predicted molar refractivity (Wildman–Crippen MR) is 109 cm³/mol. The molecule has 2 fully saturated rings. The van der Waals surface area contributed by atoms with Crippen LogP contribution in [0.15, 0.2) is 29.2 Å². The largest absolute Gasteiger partial charge is 0.425 e. The summed E-state index contributed by atoms with van der Waals surface area (Å²) in [6.07, 6.45) is 2.52. The van der Waals surface area contributed by atoms with E-state index >= 15 is 0 Å².